The highest BCUT2D eigenvalue weighted by Crippen LogP contribution is 2.17. The minimum absolute atomic E-state index is 0.159. The fraction of sp³-hybridized carbons (Fsp3) is 0.300. The average Bonchev–Trinajstić information content (AvgIpc) is 2.42. The number of halogens is 1. The first-order chi connectivity index (χ1) is 6.20. The number of fused-ring (bicyclic) bond motifs is 1. The van der Waals surface area contributed by atoms with Gasteiger partial charge in [0.1, 0.15) is 5.82 Å². The van der Waals surface area contributed by atoms with E-state index in [4.69, 9.17) is 0 Å². The number of aromatic nitrogens is 2. The van der Waals surface area contributed by atoms with Crippen LogP contribution >= 0.6 is 0 Å². The summed E-state index contributed by atoms with van der Waals surface area (Å²) >= 11 is 0. The van der Waals surface area contributed by atoms with Gasteiger partial charge in [-0.05, 0) is 18.1 Å². The van der Waals surface area contributed by atoms with Gasteiger partial charge >= 0.3 is 0 Å². The molecule has 0 saturated heterocycles. The molecule has 2 rings (SSSR count). The maximum absolute atomic E-state index is 13.3. The molecular formula is C10H11FN2. The molecule has 0 radical (unpaired) electrons. The smallest absolute Gasteiger partial charge is 0.128 e. The van der Waals surface area contributed by atoms with E-state index in [2.05, 4.69) is 5.10 Å². The van der Waals surface area contributed by atoms with Crippen molar-refractivity contribution in [3.63, 3.8) is 0 Å². The predicted molar refractivity (Wildman–Crippen MR) is 50.1 cm³/mol. The van der Waals surface area contributed by atoms with Gasteiger partial charge in [0.2, 0.25) is 0 Å². The number of hydrogen-bond donors (Lipinski definition) is 0. The van der Waals surface area contributed by atoms with Crippen LogP contribution in [0, 0.1) is 5.82 Å². The van der Waals surface area contributed by atoms with Crippen molar-refractivity contribution in [1.82, 2.24) is 9.78 Å². The first-order valence-corrected chi connectivity index (χ1v) is 4.32. The molecule has 1 heterocycles. The highest BCUT2D eigenvalue weighted by Gasteiger charge is 2.04. The fourth-order valence-electron chi connectivity index (χ4n) is 1.49. The lowest BCUT2D eigenvalue weighted by atomic mass is 10.1. The number of rotatable bonds is 1. The minimum Gasteiger partial charge on any atom is -0.275 e. The molecule has 13 heavy (non-hydrogen) atoms. The van der Waals surface area contributed by atoms with Crippen LogP contribution < -0.4 is 0 Å². The van der Waals surface area contributed by atoms with Crippen molar-refractivity contribution in [3.05, 3.63) is 29.7 Å². The second-order valence-corrected chi connectivity index (χ2v) is 3.16. The van der Waals surface area contributed by atoms with E-state index in [1.807, 2.05) is 26.2 Å². The van der Waals surface area contributed by atoms with Crippen LogP contribution in [0.1, 0.15) is 12.5 Å². The normalized spacial score (nSPS) is 11.0. The molecule has 0 amide bonds. The van der Waals surface area contributed by atoms with E-state index >= 15 is 0 Å². The summed E-state index contributed by atoms with van der Waals surface area (Å²) < 4.78 is 15.0. The molecule has 2 aromatic rings. The van der Waals surface area contributed by atoms with E-state index in [1.54, 1.807) is 4.68 Å². The number of hydrogen-bond acceptors (Lipinski definition) is 1. The van der Waals surface area contributed by atoms with Gasteiger partial charge in [-0.25, -0.2) is 4.39 Å². The van der Waals surface area contributed by atoms with E-state index in [0.29, 0.717) is 0 Å². The van der Waals surface area contributed by atoms with Crippen LogP contribution in [0.5, 0.6) is 0 Å². The lowest BCUT2D eigenvalue weighted by Gasteiger charge is -1.97. The van der Waals surface area contributed by atoms with E-state index in [-0.39, 0.29) is 5.82 Å². The molecule has 2 nitrogen and oxygen atoms in total. The molecule has 68 valence electrons. The zero-order valence-electron chi connectivity index (χ0n) is 7.71. The second kappa shape index (κ2) is 2.83. The van der Waals surface area contributed by atoms with Gasteiger partial charge in [0.05, 0.1) is 5.52 Å². The zero-order valence-corrected chi connectivity index (χ0v) is 7.71. The molecule has 0 aliphatic rings. The Morgan fingerprint density at radius 3 is 2.92 bits per heavy atom. The molecule has 1 aromatic carbocycles. The van der Waals surface area contributed by atoms with Crippen LogP contribution in [-0.4, -0.2) is 9.78 Å². The largest absolute Gasteiger partial charge is 0.275 e. The third-order valence-corrected chi connectivity index (χ3v) is 2.17. The Hall–Kier alpha value is -1.38. The van der Waals surface area contributed by atoms with Crippen LogP contribution in [0.2, 0.25) is 0 Å². The van der Waals surface area contributed by atoms with Crippen molar-refractivity contribution in [2.45, 2.75) is 13.3 Å². The van der Waals surface area contributed by atoms with Crippen molar-refractivity contribution in [1.29, 1.82) is 0 Å². The first-order valence-electron chi connectivity index (χ1n) is 4.32. The molecule has 0 spiro atoms. The highest BCUT2D eigenvalue weighted by molar-refractivity contribution is 5.78. The van der Waals surface area contributed by atoms with E-state index < -0.39 is 0 Å². The molecule has 0 saturated carbocycles. The van der Waals surface area contributed by atoms with Crippen LogP contribution in [0.15, 0.2) is 18.3 Å². The van der Waals surface area contributed by atoms with Crippen LogP contribution in [-0.2, 0) is 13.5 Å². The van der Waals surface area contributed by atoms with Crippen molar-refractivity contribution >= 4 is 10.9 Å². The quantitative estimate of drug-likeness (QED) is 0.655. The lowest BCUT2D eigenvalue weighted by Crippen LogP contribution is -1.87. The number of aryl methyl sites for hydroxylation is 2. The van der Waals surface area contributed by atoms with Gasteiger partial charge in [-0.3, -0.25) is 4.68 Å². The van der Waals surface area contributed by atoms with Gasteiger partial charge < -0.3 is 0 Å². The van der Waals surface area contributed by atoms with Crippen molar-refractivity contribution in [3.8, 4) is 0 Å². The molecule has 1 aromatic heterocycles. The average molecular weight is 178 g/mol. The van der Waals surface area contributed by atoms with Crippen molar-refractivity contribution in [2.75, 3.05) is 0 Å². The molecule has 0 aliphatic heterocycles. The Bertz CT molecular complexity index is 445. The molecule has 0 bridgehead atoms. The molecule has 0 atom stereocenters. The number of nitrogens with zero attached hydrogens (tertiary/aromatic N) is 2. The Labute approximate surface area is 76.0 Å². The summed E-state index contributed by atoms with van der Waals surface area (Å²) in [5, 5.41) is 5.13. The van der Waals surface area contributed by atoms with E-state index in [9.17, 15) is 4.39 Å². The summed E-state index contributed by atoms with van der Waals surface area (Å²) in [5.74, 6) is -0.159. The minimum atomic E-state index is -0.159. The summed E-state index contributed by atoms with van der Waals surface area (Å²) in [7, 11) is 1.84. The molecule has 0 aliphatic carbocycles. The van der Waals surface area contributed by atoms with Gasteiger partial charge in [-0.15, -0.1) is 0 Å². The molecule has 0 unspecified atom stereocenters. The molecule has 0 fully saturated rings. The van der Waals surface area contributed by atoms with Gasteiger partial charge in [-0.1, -0.05) is 6.92 Å². The van der Waals surface area contributed by atoms with Gasteiger partial charge in [0.15, 0.2) is 0 Å². The number of benzene rings is 1. The van der Waals surface area contributed by atoms with Gasteiger partial charge in [0, 0.05) is 24.7 Å². The topological polar surface area (TPSA) is 17.8 Å². The monoisotopic (exact) mass is 178 g/mol. The SMILES string of the molecule is CCc1cc2cn(C)nc2cc1F. The third-order valence-electron chi connectivity index (χ3n) is 2.17. The van der Waals surface area contributed by atoms with Crippen molar-refractivity contribution in [2.24, 2.45) is 7.05 Å². The second-order valence-electron chi connectivity index (χ2n) is 3.16. The molecular weight excluding hydrogens is 167 g/mol. The Balaban J connectivity index is 2.72. The van der Waals surface area contributed by atoms with Crippen LogP contribution in [0.25, 0.3) is 10.9 Å². The van der Waals surface area contributed by atoms with Gasteiger partial charge in [-0.2, -0.15) is 5.10 Å². The van der Waals surface area contributed by atoms with Gasteiger partial charge in [0.25, 0.3) is 0 Å². The Kier molecular flexibility index (Phi) is 1.79. The highest BCUT2D eigenvalue weighted by atomic mass is 19.1. The molecule has 0 N–H and O–H groups in total. The summed E-state index contributed by atoms with van der Waals surface area (Å²) in [6.45, 7) is 1.95. The summed E-state index contributed by atoms with van der Waals surface area (Å²) in [5.41, 5.74) is 1.47. The van der Waals surface area contributed by atoms with Crippen LogP contribution in [0.4, 0.5) is 4.39 Å². The Morgan fingerprint density at radius 1 is 1.46 bits per heavy atom. The summed E-state index contributed by atoms with van der Waals surface area (Å²) in [4.78, 5) is 0. The first kappa shape index (κ1) is 8.23. The van der Waals surface area contributed by atoms with Crippen molar-refractivity contribution < 1.29 is 4.39 Å². The summed E-state index contributed by atoms with van der Waals surface area (Å²) in [6.07, 6.45) is 2.62. The third kappa shape index (κ3) is 1.30. The Morgan fingerprint density at radius 2 is 2.23 bits per heavy atom. The summed E-state index contributed by atoms with van der Waals surface area (Å²) in [6, 6.07) is 3.35. The maximum Gasteiger partial charge on any atom is 0.128 e. The predicted octanol–water partition coefficient (Wildman–Crippen LogP) is 2.27. The van der Waals surface area contributed by atoms with Crippen LogP contribution in [0.3, 0.4) is 0 Å². The van der Waals surface area contributed by atoms with E-state index in [0.717, 1.165) is 22.9 Å². The fourth-order valence-corrected chi connectivity index (χ4v) is 1.49. The molecule has 3 heteroatoms. The lowest BCUT2D eigenvalue weighted by molar-refractivity contribution is 0.614. The maximum atomic E-state index is 13.3. The zero-order chi connectivity index (χ0) is 9.42. The standard InChI is InChI=1S/C10H11FN2/c1-3-7-4-8-6-13(2)12-10(8)5-9(7)11/h4-6H,3H2,1-2H3. The van der Waals surface area contributed by atoms with E-state index in [1.165, 1.54) is 6.07 Å².